The average molecular weight is 277 g/mol. The van der Waals surface area contributed by atoms with Gasteiger partial charge in [-0.3, -0.25) is 4.79 Å². The fraction of sp³-hybridized carbons (Fsp3) is 0.562. The summed E-state index contributed by atoms with van der Waals surface area (Å²) in [4.78, 5) is 12.0. The van der Waals surface area contributed by atoms with E-state index in [1.807, 2.05) is 45.9 Å². The zero-order valence-electron chi connectivity index (χ0n) is 12.8. The second-order valence-corrected chi connectivity index (χ2v) is 6.19. The molecule has 110 valence electrons. The van der Waals surface area contributed by atoms with Crippen LogP contribution in [-0.2, 0) is 4.79 Å². The molecule has 0 bridgehead atoms. The lowest BCUT2D eigenvalue weighted by molar-refractivity contribution is -0.125. The largest absolute Gasteiger partial charge is 0.497 e. The predicted octanol–water partition coefficient (Wildman–Crippen LogP) is 3.07. The Hall–Kier alpha value is -1.71. The van der Waals surface area contributed by atoms with Gasteiger partial charge in [0.1, 0.15) is 17.1 Å². The zero-order chi connectivity index (χ0) is 14.9. The second-order valence-electron chi connectivity index (χ2n) is 6.19. The van der Waals surface area contributed by atoms with E-state index in [2.05, 4.69) is 5.32 Å². The van der Waals surface area contributed by atoms with Gasteiger partial charge in [-0.05, 0) is 32.0 Å². The van der Waals surface area contributed by atoms with Gasteiger partial charge in [-0.2, -0.15) is 0 Å². The first kappa shape index (κ1) is 14.7. The van der Waals surface area contributed by atoms with Gasteiger partial charge in [-0.1, -0.05) is 13.8 Å². The van der Waals surface area contributed by atoms with E-state index in [1.165, 1.54) is 0 Å². The van der Waals surface area contributed by atoms with Gasteiger partial charge in [0.15, 0.2) is 0 Å². The smallest absolute Gasteiger partial charge is 0.223 e. The molecule has 1 aromatic carbocycles. The highest BCUT2D eigenvalue weighted by atomic mass is 16.5. The van der Waals surface area contributed by atoms with Gasteiger partial charge in [0.25, 0.3) is 0 Å². The van der Waals surface area contributed by atoms with E-state index in [1.54, 1.807) is 7.11 Å². The van der Waals surface area contributed by atoms with Crippen LogP contribution in [0.3, 0.4) is 0 Å². The first-order chi connectivity index (χ1) is 9.32. The summed E-state index contributed by atoms with van der Waals surface area (Å²) in [7, 11) is 1.64. The van der Waals surface area contributed by atoms with Crippen molar-refractivity contribution in [3.05, 3.63) is 23.8 Å². The van der Waals surface area contributed by atoms with Crippen LogP contribution in [0, 0.1) is 5.92 Å². The van der Waals surface area contributed by atoms with Crippen molar-refractivity contribution < 1.29 is 14.3 Å². The molecule has 4 heteroatoms. The topological polar surface area (TPSA) is 47.6 Å². The number of hydrogen-bond donors (Lipinski definition) is 1. The van der Waals surface area contributed by atoms with Crippen LogP contribution in [0.15, 0.2) is 18.2 Å². The van der Waals surface area contributed by atoms with Gasteiger partial charge in [-0.15, -0.1) is 0 Å². The normalized spacial score (nSPS) is 20.0. The van der Waals surface area contributed by atoms with Crippen molar-refractivity contribution in [2.45, 2.75) is 45.8 Å². The summed E-state index contributed by atoms with van der Waals surface area (Å²) in [5, 5.41) is 3.11. The number of fused-ring (bicyclic) bond motifs is 1. The first-order valence-corrected chi connectivity index (χ1v) is 7.00. The minimum Gasteiger partial charge on any atom is -0.497 e. The molecule has 0 aliphatic carbocycles. The molecule has 1 aromatic rings. The van der Waals surface area contributed by atoms with Gasteiger partial charge >= 0.3 is 0 Å². The van der Waals surface area contributed by atoms with E-state index in [0.29, 0.717) is 0 Å². The zero-order valence-corrected chi connectivity index (χ0v) is 12.8. The number of carbonyl (C=O) groups excluding carboxylic acids is 1. The Morgan fingerprint density at radius 3 is 2.75 bits per heavy atom. The van der Waals surface area contributed by atoms with Crippen LogP contribution < -0.4 is 14.8 Å². The number of benzene rings is 1. The van der Waals surface area contributed by atoms with Gasteiger partial charge in [0.05, 0.1) is 13.2 Å². The minimum absolute atomic E-state index is 0.0324. The third-order valence-electron chi connectivity index (χ3n) is 3.52. The molecule has 0 aromatic heterocycles. The summed E-state index contributed by atoms with van der Waals surface area (Å²) in [6, 6.07) is 5.68. The van der Waals surface area contributed by atoms with Crippen molar-refractivity contribution in [1.29, 1.82) is 0 Å². The maximum absolute atomic E-state index is 12.0. The summed E-state index contributed by atoms with van der Waals surface area (Å²) in [5.74, 6) is 1.61. The van der Waals surface area contributed by atoms with Crippen LogP contribution >= 0.6 is 0 Å². The number of amides is 1. The van der Waals surface area contributed by atoms with Crippen LogP contribution in [0.25, 0.3) is 0 Å². The lowest BCUT2D eigenvalue weighted by Gasteiger charge is -2.38. The molecule has 1 N–H and O–H groups in total. The fourth-order valence-electron chi connectivity index (χ4n) is 2.43. The van der Waals surface area contributed by atoms with Gasteiger partial charge < -0.3 is 14.8 Å². The number of methoxy groups -OCH3 is 1. The molecule has 0 saturated heterocycles. The van der Waals surface area contributed by atoms with Crippen molar-refractivity contribution >= 4 is 5.91 Å². The van der Waals surface area contributed by atoms with Crippen LogP contribution in [0.1, 0.15) is 45.7 Å². The van der Waals surface area contributed by atoms with Crippen molar-refractivity contribution in [3.63, 3.8) is 0 Å². The molecule has 20 heavy (non-hydrogen) atoms. The van der Waals surface area contributed by atoms with Crippen LogP contribution in [-0.4, -0.2) is 18.6 Å². The van der Waals surface area contributed by atoms with E-state index in [9.17, 15) is 4.79 Å². The summed E-state index contributed by atoms with van der Waals surface area (Å²) in [5.41, 5.74) is 0.689. The quantitative estimate of drug-likeness (QED) is 0.923. The molecule has 0 unspecified atom stereocenters. The Morgan fingerprint density at radius 2 is 2.15 bits per heavy atom. The fourth-order valence-corrected chi connectivity index (χ4v) is 2.43. The Kier molecular flexibility index (Phi) is 3.93. The Bertz CT molecular complexity index is 508. The molecule has 1 aliphatic heterocycles. The molecule has 1 aliphatic rings. The van der Waals surface area contributed by atoms with Crippen molar-refractivity contribution in [3.8, 4) is 11.5 Å². The molecule has 1 heterocycles. The number of carbonyl (C=O) groups is 1. The third-order valence-corrected chi connectivity index (χ3v) is 3.52. The molecule has 0 saturated carbocycles. The highest BCUT2D eigenvalue weighted by molar-refractivity contribution is 5.78. The predicted molar refractivity (Wildman–Crippen MR) is 78.0 cm³/mol. The van der Waals surface area contributed by atoms with Crippen molar-refractivity contribution in [1.82, 2.24) is 5.32 Å². The number of ether oxygens (including phenoxy) is 2. The molecular formula is C16H23NO3. The van der Waals surface area contributed by atoms with Crippen LogP contribution in [0.4, 0.5) is 0 Å². The second kappa shape index (κ2) is 5.35. The Labute approximate surface area is 120 Å². The van der Waals surface area contributed by atoms with E-state index in [-0.39, 0.29) is 23.5 Å². The average Bonchev–Trinajstić information content (AvgIpc) is 2.37. The van der Waals surface area contributed by atoms with E-state index < -0.39 is 0 Å². The van der Waals surface area contributed by atoms with Crippen molar-refractivity contribution in [2.24, 2.45) is 5.92 Å². The van der Waals surface area contributed by atoms with E-state index in [4.69, 9.17) is 9.47 Å². The molecule has 4 nitrogen and oxygen atoms in total. The summed E-state index contributed by atoms with van der Waals surface area (Å²) in [6.45, 7) is 7.86. The first-order valence-electron chi connectivity index (χ1n) is 7.00. The highest BCUT2D eigenvalue weighted by Gasteiger charge is 2.35. The Balaban J connectivity index is 2.34. The Morgan fingerprint density at radius 1 is 1.45 bits per heavy atom. The van der Waals surface area contributed by atoms with E-state index in [0.717, 1.165) is 23.5 Å². The summed E-state index contributed by atoms with van der Waals surface area (Å²) < 4.78 is 11.2. The summed E-state index contributed by atoms with van der Waals surface area (Å²) in [6.07, 6.45) is 0.742. The van der Waals surface area contributed by atoms with Crippen molar-refractivity contribution in [2.75, 3.05) is 7.11 Å². The molecule has 0 radical (unpaired) electrons. The number of hydrogen-bond acceptors (Lipinski definition) is 3. The molecule has 2 rings (SSSR count). The SMILES string of the molecule is COc1ccc2c(c1)[C@H](NC(=O)C(C)C)CC(C)(C)O2. The highest BCUT2D eigenvalue weighted by Crippen LogP contribution is 2.41. The van der Waals surface area contributed by atoms with Crippen LogP contribution in [0.2, 0.25) is 0 Å². The van der Waals surface area contributed by atoms with Crippen LogP contribution in [0.5, 0.6) is 11.5 Å². The van der Waals surface area contributed by atoms with Gasteiger partial charge in [-0.25, -0.2) is 0 Å². The molecule has 1 amide bonds. The number of nitrogens with one attached hydrogen (secondary N) is 1. The number of rotatable bonds is 3. The standard InChI is InChI=1S/C16H23NO3/c1-10(2)15(18)17-13-9-16(3,4)20-14-7-6-11(19-5)8-12(13)14/h6-8,10,13H,9H2,1-5H3,(H,17,18)/t13-/m1/s1. The monoisotopic (exact) mass is 277 g/mol. The maximum Gasteiger partial charge on any atom is 0.223 e. The maximum atomic E-state index is 12.0. The van der Waals surface area contributed by atoms with Gasteiger partial charge in [0, 0.05) is 17.9 Å². The lowest BCUT2D eigenvalue weighted by atomic mass is 9.89. The summed E-state index contributed by atoms with van der Waals surface area (Å²) >= 11 is 0. The minimum atomic E-state index is -0.295. The van der Waals surface area contributed by atoms with E-state index >= 15 is 0 Å². The lowest BCUT2D eigenvalue weighted by Crippen LogP contribution is -2.42. The molecular weight excluding hydrogens is 254 g/mol. The molecule has 1 atom stereocenters. The molecule has 0 spiro atoms. The molecule has 0 fully saturated rings. The van der Waals surface area contributed by atoms with Gasteiger partial charge in [0.2, 0.25) is 5.91 Å². The third kappa shape index (κ3) is 3.06.